The van der Waals surface area contributed by atoms with Gasteiger partial charge in [-0.3, -0.25) is 10.7 Å². The number of amidine groups is 1. The Morgan fingerprint density at radius 3 is 1.89 bits per heavy atom. The largest absolute Gasteiger partial charge is 0.490 e. The number of nitrogens with one attached hydrogen (secondary N) is 2. The summed E-state index contributed by atoms with van der Waals surface area (Å²) in [5.74, 6) is -0.196. The van der Waals surface area contributed by atoms with E-state index in [2.05, 4.69) is 5.32 Å². The number of ether oxygens (including phenoxy) is 4. The molecule has 0 fully saturated rings. The molecule has 0 radical (unpaired) electrons. The number of amides is 1. The lowest BCUT2D eigenvalue weighted by molar-refractivity contribution is -0.161. The Bertz CT molecular complexity index is 1140. The highest BCUT2D eigenvalue weighted by molar-refractivity contribution is 6.04. The Hall–Kier alpha value is -4.17. The van der Waals surface area contributed by atoms with E-state index in [0.717, 1.165) is 11.1 Å². The second kappa shape index (κ2) is 12.7. The summed E-state index contributed by atoms with van der Waals surface area (Å²) < 4.78 is 22.1. The standard InChI is InChI=1S/C29H32N2O6/c1-29(2,3)37-28(33)31-26(30)22-15-17-23(18-16-22)35-19-24(34-4)27(32)36-25(20-11-7-5-8-12-20)21-13-9-6-10-14-21/h5-18,24-25H,19H2,1-4H3,(H2,30,31,33). The fourth-order valence-corrected chi connectivity index (χ4v) is 3.38. The van der Waals surface area contributed by atoms with Gasteiger partial charge in [0.1, 0.15) is 23.8 Å². The number of hydrogen-bond donors (Lipinski definition) is 2. The van der Waals surface area contributed by atoms with E-state index in [4.69, 9.17) is 24.4 Å². The van der Waals surface area contributed by atoms with Crippen molar-refractivity contribution in [2.45, 2.75) is 38.6 Å². The molecule has 3 aromatic rings. The maximum Gasteiger partial charge on any atom is 0.413 e. The molecule has 3 rings (SSSR count). The van der Waals surface area contributed by atoms with Crippen LogP contribution >= 0.6 is 0 Å². The lowest BCUT2D eigenvalue weighted by Crippen LogP contribution is -2.36. The van der Waals surface area contributed by atoms with Crippen molar-refractivity contribution >= 4 is 17.9 Å². The van der Waals surface area contributed by atoms with Gasteiger partial charge in [0.25, 0.3) is 0 Å². The maximum atomic E-state index is 13.0. The molecule has 8 nitrogen and oxygen atoms in total. The van der Waals surface area contributed by atoms with Crippen LogP contribution in [0.3, 0.4) is 0 Å². The van der Waals surface area contributed by atoms with Gasteiger partial charge in [-0.1, -0.05) is 60.7 Å². The zero-order valence-electron chi connectivity index (χ0n) is 21.4. The zero-order chi connectivity index (χ0) is 26.8. The van der Waals surface area contributed by atoms with Gasteiger partial charge in [0.05, 0.1) is 0 Å². The van der Waals surface area contributed by atoms with Gasteiger partial charge in [0, 0.05) is 12.7 Å². The molecule has 0 aliphatic rings. The molecule has 1 atom stereocenters. The lowest BCUT2D eigenvalue weighted by Gasteiger charge is -2.22. The first-order valence-corrected chi connectivity index (χ1v) is 11.8. The monoisotopic (exact) mass is 504 g/mol. The second-order valence-corrected chi connectivity index (χ2v) is 9.20. The number of hydrogen-bond acceptors (Lipinski definition) is 7. The summed E-state index contributed by atoms with van der Waals surface area (Å²) in [4.78, 5) is 24.9. The van der Waals surface area contributed by atoms with Crippen molar-refractivity contribution < 1.29 is 28.5 Å². The number of rotatable bonds is 9. The minimum Gasteiger partial charge on any atom is -0.490 e. The summed E-state index contributed by atoms with van der Waals surface area (Å²) in [7, 11) is 1.42. The lowest BCUT2D eigenvalue weighted by atomic mass is 10.0. The molecule has 1 unspecified atom stereocenters. The summed E-state index contributed by atoms with van der Waals surface area (Å²) in [6, 6.07) is 25.5. The predicted octanol–water partition coefficient (Wildman–Crippen LogP) is 5.26. The topological polar surface area (TPSA) is 107 Å². The van der Waals surface area contributed by atoms with Gasteiger partial charge >= 0.3 is 12.1 Å². The quantitative estimate of drug-likeness (QED) is 0.234. The smallest absolute Gasteiger partial charge is 0.413 e. The fourth-order valence-electron chi connectivity index (χ4n) is 3.38. The molecule has 8 heteroatoms. The van der Waals surface area contributed by atoms with Crippen LogP contribution in [0.1, 0.15) is 43.6 Å². The highest BCUT2D eigenvalue weighted by Crippen LogP contribution is 2.26. The molecule has 1 amide bonds. The number of alkyl carbamates (subject to hydrolysis) is 1. The third-order valence-electron chi connectivity index (χ3n) is 5.16. The van der Waals surface area contributed by atoms with Crippen molar-refractivity contribution in [1.82, 2.24) is 5.32 Å². The zero-order valence-corrected chi connectivity index (χ0v) is 21.4. The van der Waals surface area contributed by atoms with Crippen LogP contribution in [0.5, 0.6) is 5.75 Å². The van der Waals surface area contributed by atoms with Crippen molar-refractivity contribution in [3.63, 3.8) is 0 Å². The van der Waals surface area contributed by atoms with Crippen molar-refractivity contribution in [2.24, 2.45) is 0 Å². The molecule has 0 aliphatic heterocycles. The summed E-state index contributed by atoms with van der Waals surface area (Å²) in [5, 5.41) is 10.5. The molecule has 3 aromatic carbocycles. The van der Waals surface area contributed by atoms with Gasteiger partial charge in [0.15, 0.2) is 12.2 Å². The number of benzene rings is 3. The SMILES string of the molecule is COC(COc1ccc(C(=N)NC(=O)OC(C)(C)C)cc1)C(=O)OC(c1ccccc1)c1ccccc1. The van der Waals surface area contributed by atoms with E-state index in [9.17, 15) is 9.59 Å². The average molecular weight is 505 g/mol. The Morgan fingerprint density at radius 2 is 1.41 bits per heavy atom. The van der Waals surface area contributed by atoms with Crippen LogP contribution in [0.25, 0.3) is 0 Å². The van der Waals surface area contributed by atoms with Gasteiger partial charge < -0.3 is 18.9 Å². The van der Waals surface area contributed by atoms with Crippen LogP contribution in [0.4, 0.5) is 4.79 Å². The van der Waals surface area contributed by atoms with E-state index in [1.54, 1.807) is 45.0 Å². The van der Waals surface area contributed by atoms with Gasteiger partial charge in [0.2, 0.25) is 0 Å². The highest BCUT2D eigenvalue weighted by atomic mass is 16.6. The molecule has 194 valence electrons. The van der Waals surface area contributed by atoms with Crippen LogP contribution in [0.15, 0.2) is 84.9 Å². The van der Waals surface area contributed by atoms with Gasteiger partial charge in [-0.2, -0.15) is 0 Å². The van der Waals surface area contributed by atoms with Crippen molar-refractivity contribution in [3.05, 3.63) is 102 Å². The molecule has 0 aromatic heterocycles. The molecular weight excluding hydrogens is 472 g/mol. The second-order valence-electron chi connectivity index (χ2n) is 9.20. The predicted molar refractivity (Wildman–Crippen MR) is 140 cm³/mol. The van der Waals surface area contributed by atoms with E-state index < -0.39 is 29.9 Å². The van der Waals surface area contributed by atoms with Crippen LogP contribution in [0.2, 0.25) is 0 Å². The summed E-state index contributed by atoms with van der Waals surface area (Å²) in [6.45, 7) is 5.16. The molecule has 0 saturated heterocycles. The van der Waals surface area contributed by atoms with E-state index in [0.29, 0.717) is 11.3 Å². The van der Waals surface area contributed by atoms with Gasteiger partial charge in [-0.25, -0.2) is 9.59 Å². The first-order chi connectivity index (χ1) is 17.7. The van der Waals surface area contributed by atoms with Crippen molar-refractivity contribution in [2.75, 3.05) is 13.7 Å². The molecule has 0 saturated carbocycles. The molecular formula is C29H32N2O6. The average Bonchev–Trinajstić information content (AvgIpc) is 2.88. The summed E-state index contributed by atoms with van der Waals surface area (Å²) >= 11 is 0. The fraction of sp³-hybridized carbons (Fsp3) is 0.276. The minimum atomic E-state index is -0.957. The normalized spacial score (nSPS) is 11.9. The number of esters is 1. The summed E-state index contributed by atoms with van der Waals surface area (Å²) in [5.41, 5.74) is 1.49. The van der Waals surface area contributed by atoms with E-state index in [-0.39, 0.29) is 12.4 Å². The first-order valence-electron chi connectivity index (χ1n) is 11.8. The van der Waals surface area contributed by atoms with Crippen LogP contribution in [0, 0.1) is 5.41 Å². The van der Waals surface area contributed by atoms with Crippen molar-refractivity contribution in [1.29, 1.82) is 5.41 Å². The maximum absolute atomic E-state index is 13.0. The molecule has 2 N–H and O–H groups in total. The third-order valence-corrected chi connectivity index (χ3v) is 5.16. The molecule has 0 heterocycles. The molecule has 0 aliphatic carbocycles. The van der Waals surface area contributed by atoms with Crippen molar-refractivity contribution in [3.8, 4) is 5.75 Å². The first kappa shape index (κ1) is 27.4. The Kier molecular flexibility index (Phi) is 9.40. The highest BCUT2D eigenvalue weighted by Gasteiger charge is 2.26. The molecule has 37 heavy (non-hydrogen) atoms. The van der Waals surface area contributed by atoms with Crippen LogP contribution < -0.4 is 10.1 Å². The molecule has 0 bridgehead atoms. The van der Waals surface area contributed by atoms with Crippen LogP contribution in [-0.2, 0) is 19.0 Å². The van der Waals surface area contributed by atoms with E-state index in [1.807, 2.05) is 60.7 Å². The van der Waals surface area contributed by atoms with Gasteiger partial charge in [-0.05, 0) is 56.2 Å². The Labute approximate surface area is 217 Å². The van der Waals surface area contributed by atoms with Crippen LogP contribution in [-0.4, -0.2) is 43.3 Å². The summed E-state index contributed by atoms with van der Waals surface area (Å²) in [6.07, 6.45) is -2.25. The number of methoxy groups -OCH3 is 1. The Morgan fingerprint density at radius 1 is 0.865 bits per heavy atom. The number of carbonyl (C=O) groups is 2. The Balaban J connectivity index is 1.60. The molecule has 0 spiro atoms. The number of carbonyl (C=O) groups excluding carboxylic acids is 2. The van der Waals surface area contributed by atoms with E-state index in [1.165, 1.54) is 7.11 Å². The van der Waals surface area contributed by atoms with Gasteiger partial charge in [-0.15, -0.1) is 0 Å². The minimum absolute atomic E-state index is 0.0708. The van der Waals surface area contributed by atoms with E-state index >= 15 is 0 Å². The third kappa shape index (κ3) is 8.47.